The van der Waals surface area contributed by atoms with Crippen molar-refractivity contribution in [1.82, 2.24) is 4.90 Å². The standard InChI is InChI=1S/C24H30ClN3O3/c1-15-5-6-16(2)20(11-15)26-24(30)14-28(18-7-8-18)10-9-23(29)27-21-12-17(3)19(25)13-22(21)31-4/h5-6,11-13,18H,7-10,14H2,1-4H3,(H,26,30)(H,27,29). The van der Waals surface area contributed by atoms with Crippen LogP contribution in [0.25, 0.3) is 0 Å². The number of rotatable bonds is 9. The molecule has 2 aromatic rings. The summed E-state index contributed by atoms with van der Waals surface area (Å²) in [7, 11) is 1.54. The highest BCUT2D eigenvalue weighted by molar-refractivity contribution is 6.31. The molecule has 3 rings (SSSR count). The van der Waals surface area contributed by atoms with Gasteiger partial charge in [-0.05, 0) is 62.4 Å². The first-order valence-corrected chi connectivity index (χ1v) is 10.9. The van der Waals surface area contributed by atoms with Gasteiger partial charge in [0.25, 0.3) is 0 Å². The number of anilines is 2. The highest BCUT2D eigenvalue weighted by Gasteiger charge is 2.30. The Hall–Kier alpha value is -2.57. The van der Waals surface area contributed by atoms with Crippen LogP contribution in [0, 0.1) is 20.8 Å². The van der Waals surface area contributed by atoms with Gasteiger partial charge in [-0.2, -0.15) is 0 Å². The predicted molar refractivity (Wildman–Crippen MR) is 125 cm³/mol. The van der Waals surface area contributed by atoms with E-state index in [9.17, 15) is 9.59 Å². The van der Waals surface area contributed by atoms with Gasteiger partial charge in [0.05, 0.1) is 19.3 Å². The molecule has 0 spiro atoms. The molecule has 2 N–H and O–H groups in total. The molecule has 0 aliphatic heterocycles. The summed E-state index contributed by atoms with van der Waals surface area (Å²) >= 11 is 6.13. The molecule has 0 saturated heterocycles. The smallest absolute Gasteiger partial charge is 0.238 e. The van der Waals surface area contributed by atoms with Crippen LogP contribution in [-0.2, 0) is 9.59 Å². The molecule has 0 bridgehead atoms. The molecule has 2 aromatic carbocycles. The Kier molecular flexibility index (Phi) is 7.57. The van der Waals surface area contributed by atoms with Gasteiger partial charge in [0.15, 0.2) is 0 Å². The fourth-order valence-electron chi connectivity index (χ4n) is 3.46. The Balaban J connectivity index is 1.56. The second-order valence-corrected chi connectivity index (χ2v) is 8.58. The van der Waals surface area contributed by atoms with E-state index in [4.69, 9.17) is 16.3 Å². The number of amides is 2. The average molecular weight is 444 g/mol. The lowest BCUT2D eigenvalue weighted by Gasteiger charge is -2.21. The van der Waals surface area contributed by atoms with Crippen LogP contribution in [0.3, 0.4) is 0 Å². The number of nitrogens with zero attached hydrogens (tertiary/aromatic N) is 1. The van der Waals surface area contributed by atoms with Gasteiger partial charge in [-0.15, -0.1) is 0 Å². The molecule has 7 heteroatoms. The number of ether oxygens (including phenoxy) is 1. The first kappa shape index (κ1) is 23.1. The second-order valence-electron chi connectivity index (χ2n) is 8.17. The van der Waals surface area contributed by atoms with E-state index in [2.05, 4.69) is 15.5 Å². The molecule has 0 unspecified atom stereocenters. The van der Waals surface area contributed by atoms with Crippen molar-refractivity contribution < 1.29 is 14.3 Å². The Labute approximate surface area is 188 Å². The van der Waals surface area contributed by atoms with E-state index in [1.54, 1.807) is 19.2 Å². The maximum atomic E-state index is 12.6. The van der Waals surface area contributed by atoms with Gasteiger partial charge in [-0.1, -0.05) is 23.7 Å². The van der Waals surface area contributed by atoms with Crippen LogP contribution in [0.5, 0.6) is 5.75 Å². The Morgan fingerprint density at radius 3 is 2.42 bits per heavy atom. The minimum atomic E-state index is -0.124. The van der Waals surface area contributed by atoms with E-state index in [1.807, 2.05) is 39.0 Å². The predicted octanol–water partition coefficient (Wildman–Crippen LogP) is 4.71. The molecule has 0 aromatic heterocycles. The first-order chi connectivity index (χ1) is 14.8. The Morgan fingerprint density at radius 1 is 1.03 bits per heavy atom. The molecular formula is C24H30ClN3O3. The summed E-state index contributed by atoms with van der Waals surface area (Å²) in [5.74, 6) is 0.340. The summed E-state index contributed by atoms with van der Waals surface area (Å²) in [6, 6.07) is 9.86. The van der Waals surface area contributed by atoms with Gasteiger partial charge < -0.3 is 15.4 Å². The zero-order valence-electron chi connectivity index (χ0n) is 18.5. The third-order valence-electron chi connectivity index (χ3n) is 5.46. The number of halogens is 1. The van der Waals surface area contributed by atoms with Gasteiger partial charge in [0.2, 0.25) is 11.8 Å². The van der Waals surface area contributed by atoms with Crippen molar-refractivity contribution in [3.63, 3.8) is 0 Å². The summed E-state index contributed by atoms with van der Waals surface area (Å²) in [5.41, 5.74) is 4.43. The van der Waals surface area contributed by atoms with Crippen molar-refractivity contribution >= 4 is 34.8 Å². The topological polar surface area (TPSA) is 70.7 Å². The van der Waals surface area contributed by atoms with Crippen LogP contribution in [-0.4, -0.2) is 43.0 Å². The van der Waals surface area contributed by atoms with Crippen molar-refractivity contribution in [3.8, 4) is 5.75 Å². The number of carbonyl (C=O) groups is 2. The highest BCUT2D eigenvalue weighted by Crippen LogP contribution is 2.31. The van der Waals surface area contributed by atoms with E-state index >= 15 is 0 Å². The van der Waals surface area contributed by atoms with Crippen LogP contribution >= 0.6 is 11.6 Å². The fourth-order valence-corrected chi connectivity index (χ4v) is 3.62. The van der Waals surface area contributed by atoms with Crippen molar-refractivity contribution in [2.75, 3.05) is 30.8 Å². The maximum Gasteiger partial charge on any atom is 0.238 e. The molecule has 0 radical (unpaired) electrons. The van der Waals surface area contributed by atoms with E-state index in [0.717, 1.165) is 35.2 Å². The molecule has 1 aliphatic rings. The van der Waals surface area contributed by atoms with Crippen LogP contribution in [0.2, 0.25) is 5.02 Å². The Bertz CT molecular complexity index is 973. The van der Waals surface area contributed by atoms with Crippen molar-refractivity contribution in [1.29, 1.82) is 0 Å². The largest absolute Gasteiger partial charge is 0.495 e. The van der Waals surface area contributed by atoms with Gasteiger partial charge in [-0.25, -0.2) is 0 Å². The number of benzene rings is 2. The number of methoxy groups -OCH3 is 1. The van der Waals surface area contributed by atoms with Crippen molar-refractivity contribution in [2.45, 2.75) is 46.1 Å². The molecule has 1 fully saturated rings. The SMILES string of the molecule is COc1cc(Cl)c(C)cc1NC(=O)CCN(CC(=O)Nc1cc(C)ccc1C)C1CC1. The third-order valence-corrected chi connectivity index (χ3v) is 5.87. The van der Waals surface area contributed by atoms with E-state index in [1.165, 1.54) is 0 Å². The van der Waals surface area contributed by atoms with Crippen LogP contribution in [0.15, 0.2) is 30.3 Å². The number of carbonyl (C=O) groups excluding carboxylic acids is 2. The molecule has 0 atom stereocenters. The maximum absolute atomic E-state index is 12.6. The lowest BCUT2D eigenvalue weighted by atomic mass is 10.1. The van der Waals surface area contributed by atoms with E-state index in [-0.39, 0.29) is 24.8 Å². The number of hydrogen-bond donors (Lipinski definition) is 2. The Morgan fingerprint density at radius 2 is 1.74 bits per heavy atom. The number of hydrogen-bond acceptors (Lipinski definition) is 4. The number of aryl methyl sites for hydroxylation is 3. The summed E-state index contributed by atoms with van der Waals surface area (Å²) in [6.45, 7) is 6.65. The molecule has 1 saturated carbocycles. The zero-order valence-corrected chi connectivity index (χ0v) is 19.3. The fraction of sp³-hybridized carbons (Fsp3) is 0.417. The van der Waals surface area contributed by atoms with Crippen LogP contribution in [0.4, 0.5) is 11.4 Å². The monoisotopic (exact) mass is 443 g/mol. The lowest BCUT2D eigenvalue weighted by molar-refractivity contribution is -0.119. The highest BCUT2D eigenvalue weighted by atomic mass is 35.5. The van der Waals surface area contributed by atoms with Crippen LogP contribution < -0.4 is 15.4 Å². The molecule has 6 nitrogen and oxygen atoms in total. The minimum absolute atomic E-state index is 0.0593. The van der Waals surface area contributed by atoms with Gasteiger partial charge in [0.1, 0.15) is 5.75 Å². The lowest BCUT2D eigenvalue weighted by Crippen LogP contribution is -2.37. The molecular weight excluding hydrogens is 414 g/mol. The van der Waals surface area contributed by atoms with Crippen molar-refractivity contribution in [3.05, 3.63) is 52.0 Å². The zero-order chi connectivity index (χ0) is 22.5. The number of nitrogens with one attached hydrogen (secondary N) is 2. The molecule has 166 valence electrons. The first-order valence-electron chi connectivity index (χ1n) is 10.5. The average Bonchev–Trinajstić information content (AvgIpc) is 3.55. The van der Waals surface area contributed by atoms with Crippen LogP contribution in [0.1, 0.15) is 36.0 Å². The summed E-state index contributed by atoms with van der Waals surface area (Å²) in [6.07, 6.45) is 2.41. The quantitative estimate of drug-likeness (QED) is 0.589. The van der Waals surface area contributed by atoms with E-state index in [0.29, 0.717) is 29.0 Å². The molecule has 1 aliphatic carbocycles. The third kappa shape index (κ3) is 6.45. The van der Waals surface area contributed by atoms with E-state index < -0.39 is 0 Å². The minimum Gasteiger partial charge on any atom is -0.495 e. The summed E-state index contributed by atoms with van der Waals surface area (Å²) < 4.78 is 5.32. The van der Waals surface area contributed by atoms with Crippen molar-refractivity contribution in [2.24, 2.45) is 0 Å². The molecule has 0 heterocycles. The summed E-state index contributed by atoms with van der Waals surface area (Å²) in [5, 5.41) is 6.50. The summed E-state index contributed by atoms with van der Waals surface area (Å²) in [4.78, 5) is 27.3. The molecule has 2 amide bonds. The van der Waals surface area contributed by atoms with Gasteiger partial charge >= 0.3 is 0 Å². The van der Waals surface area contributed by atoms with Gasteiger partial charge in [-0.3, -0.25) is 14.5 Å². The normalized spacial score (nSPS) is 13.2. The molecule has 31 heavy (non-hydrogen) atoms. The second kappa shape index (κ2) is 10.2. The van der Waals surface area contributed by atoms with Gasteiger partial charge in [0, 0.05) is 35.8 Å².